The Balaban J connectivity index is 2.95. The lowest BCUT2D eigenvalue weighted by Crippen LogP contribution is -1.75. The zero-order valence-electron chi connectivity index (χ0n) is 6.36. The number of hydrogen-bond donors (Lipinski definition) is 2. The Morgan fingerprint density at radius 1 is 0.667 bits per heavy atom. The normalized spacial score (nSPS) is 10.5. The van der Waals surface area contributed by atoms with Gasteiger partial charge in [0.1, 0.15) is 0 Å². The number of fused-ring (bicyclic) bond motifs is 1. The third-order valence-corrected chi connectivity index (χ3v) is 2.66. The molecule has 0 spiro atoms. The van der Waals surface area contributed by atoms with Crippen LogP contribution in [0.5, 0.6) is 0 Å². The van der Waals surface area contributed by atoms with Gasteiger partial charge in [0.25, 0.3) is 0 Å². The topological polar surface area (TPSA) is 0 Å². The fourth-order valence-electron chi connectivity index (χ4n) is 1.27. The Morgan fingerprint density at radius 3 is 1.50 bits per heavy atom. The van der Waals surface area contributed by atoms with Crippen LogP contribution in [0.3, 0.4) is 0 Å². The van der Waals surface area contributed by atoms with Crippen LogP contribution in [-0.4, -0.2) is 0 Å². The molecule has 0 nitrogen and oxygen atoms in total. The van der Waals surface area contributed by atoms with E-state index in [4.69, 9.17) is 0 Å². The molecule has 0 unspecified atom stereocenters. The van der Waals surface area contributed by atoms with Gasteiger partial charge in [-0.3, -0.25) is 0 Å². The molecule has 0 fully saturated rings. The first-order valence-corrected chi connectivity index (χ1v) is 4.58. The van der Waals surface area contributed by atoms with Gasteiger partial charge in [-0.05, 0) is 22.9 Å². The van der Waals surface area contributed by atoms with Crippen molar-refractivity contribution < 1.29 is 0 Å². The van der Waals surface area contributed by atoms with Crippen molar-refractivity contribution in [3.63, 3.8) is 0 Å². The lowest BCUT2D eigenvalue weighted by atomic mass is 10.1. The van der Waals surface area contributed by atoms with Crippen molar-refractivity contribution in [3.8, 4) is 0 Å². The van der Waals surface area contributed by atoms with E-state index in [2.05, 4.69) is 37.4 Å². The molecular weight excluding hydrogens is 184 g/mol. The lowest BCUT2D eigenvalue weighted by molar-refractivity contribution is 1.46. The van der Waals surface area contributed by atoms with Gasteiger partial charge in [-0.1, -0.05) is 24.3 Å². The molecule has 0 aromatic heterocycles. The molecule has 2 heteroatoms. The van der Waals surface area contributed by atoms with Gasteiger partial charge in [0.15, 0.2) is 0 Å². The molecule has 0 bridgehead atoms. The maximum Gasteiger partial charge on any atom is 0.0119 e. The highest BCUT2D eigenvalue weighted by atomic mass is 32.1. The minimum atomic E-state index is 1.00. The summed E-state index contributed by atoms with van der Waals surface area (Å²) in [5.41, 5.74) is 0. The highest BCUT2D eigenvalue weighted by Gasteiger charge is 1.98. The average Bonchev–Trinajstić information content (AvgIpc) is 2.12. The first-order valence-electron chi connectivity index (χ1n) is 3.69. The van der Waals surface area contributed by atoms with Crippen LogP contribution in [0.15, 0.2) is 46.2 Å². The van der Waals surface area contributed by atoms with Gasteiger partial charge < -0.3 is 0 Å². The Kier molecular flexibility index (Phi) is 2.03. The summed E-state index contributed by atoms with van der Waals surface area (Å²) in [4.78, 5) is 2.01. The standard InChI is InChI=1S/C10H8S2/c11-9-5-6-10(12)8-4-2-1-3-7(8)9/h1-6,11-12H. The van der Waals surface area contributed by atoms with Crippen LogP contribution in [-0.2, 0) is 0 Å². The van der Waals surface area contributed by atoms with Crippen molar-refractivity contribution in [3.05, 3.63) is 36.4 Å². The van der Waals surface area contributed by atoms with E-state index in [1.54, 1.807) is 0 Å². The molecule has 0 heterocycles. The molecule has 2 aromatic rings. The predicted octanol–water partition coefficient (Wildman–Crippen LogP) is 3.42. The Hall–Kier alpha value is -0.600. The number of benzene rings is 2. The second-order valence-electron chi connectivity index (χ2n) is 2.65. The molecule has 0 aliphatic rings. The monoisotopic (exact) mass is 192 g/mol. The predicted molar refractivity (Wildman–Crippen MR) is 58.5 cm³/mol. The molecule has 12 heavy (non-hydrogen) atoms. The van der Waals surface area contributed by atoms with E-state index in [0.717, 1.165) is 20.6 Å². The van der Waals surface area contributed by atoms with Gasteiger partial charge in [0.2, 0.25) is 0 Å². The van der Waals surface area contributed by atoms with Gasteiger partial charge in [0, 0.05) is 9.79 Å². The van der Waals surface area contributed by atoms with Crippen LogP contribution in [0.1, 0.15) is 0 Å². The zero-order valence-corrected chi connectivity index (χ0v) is 8.15. The Labute approximate surface area is 82.4 Å². The molecule has 0 saturated heterocycles. The number of thiol groups is 2. The van der Waals surface area contributed by atoms with Crippen LogP contribution in [0.25, 0.3) is 10.8 Å². The first-order chi connectivity index (χ1) is 5.79. The minimum Gasteiger partial charge on any atom is -0.143 e. The van der Waals surface area contributed by atoms with E-state index in [9.17, 15) is 0 Å². The summed E-state index contributed by atoms with van der Waals surface area (Å²) >= 11 is 8.73. The fourth-order valence-corrected chi connectivity index (χ4v) is 1.81. The molecule has 0 amide bonds. The smallest absolute Gasteiger partial charge is 0.0119 e. The van der Waals surface area contributed by atoms with Crippen LogP contribution in [0.2, 0.25) is 0 Å². The summed E-state index contributed by atoms with van der Waals surface area (Å²) in [6.45, 7) is 0. The number of rotatable bonds is 0. The molecule has 0 N–H and O–H groups in total. The van der Waals surface area contributed by atoms with Crippen molar-refractivity contribution in [2.45, 2.75) is 9.79 Å². The third-order valence-electron chi connectivity index (χ3n) is 1.88. The largest absolute Gasteiger partial charge is 0.143 e. The summed E-state index contributed by atoms with van der Waals surface area (Å²) in [7, 11) is 0. The van der Waals surface area contributed by atoms with Crippen molar-refractivity contribution in [1.29, 1.82) is 0 Å². The van der Waals surface area contributed by atoms with Gasteiger partial charge in [-0.2, -0.15) is 0 Å². The quantitative estimate of drug-likeness (QED) is 0.587. The Morgan fingerprint density at radius 2 is 1.08 bits per heavy atom. The maximum atomic E-state index is 4.36. The van der Waals surface area contributed by atoms with E-state index >= 15 is 0 Å². The second-order valence-corrected chi connectivity index (χ2v) is 3.61. The molecule has 0 saturated carbocycles. The Bertz CT molecular complexity index is 381. The van der Waals surface area contributed by atoms with E-state index in [0.29, 0.717) is 0 Å². The van der Waals surface area contributed by atoms with Crippen LogP contribution < -0.4 is 0 Å². The number of hydrogen-bond acceptors (Lipinski definition) is 2. The van der Waals surface area contributed by atoms with Gasteiger partial charge in [0.05, 0.1) is 0 Å². The first kappa shape index (κ1) is 8.02. The zero-order chi connectivity index (χ0) is 8.55. The van der Waals surface area contributed by atoms with Crippen molar-refractivity contribution >= 4 is 36.0 Å². The molecule has 0 aliphatic carbocycles. The van der Waals surface area contributed by atoms with E-state index in [-0.39, 0.29) is 0 Å². The van der Waals surface area contributed by atoms with Crippen molar-refractivity contribution in [2.75, 3.05) is 0 Å². The van der Waals surface area contributed by atoms with Crippen LogP contribution >= 0.6 is 25.3 Å². The molecular formula is C10H8S2. The third kappa shape index (κ3) is 1.21. The van der Waals surface area contributed by atoms with E-state index in [1.165, 1.54) is 0 Å². The van der Waals surface area contributed by atoms with Gasteiger partial charge >= 0.3 is 0 Å². The van der Waals surface area contributed by atoms with Gasteiger partial charge in [-0.15, -0.1) is 25.3 Å². The lowest BCUT2D eigenvalue weighted by Gasteiger charge is -2.02. The summed E-state index contributed by atoms with van der Waals surface area (Å²) in [5.74, 6) is 0. The SMILES string of the molecule is Sc1ccc(S)c2ccccc12. The van der Waals surface area contributed by atoms with E-state index < -0.39 is 0 Å². The van der Waals surface area contributed by atoms with Crippen LogP contribution in [0.4, 0.5) is 0 Å². The highest BCUT2D eigenvalue weighted by molar-refractivity contribution is 7.81. The minimum absolute atomic E-state index is 1.00. The van der Waals surface area contributed by atoms with Crippen LogP contribution in [0, 0.1) is 0 Å². The fraction of sp³-hybridized carbons (Fsp3) is 0. The average molecular weight is 192 g/mol. The van der Waals surface area contributed by atoms with Crippen molar-refractivity contribution in [1.82, 2.24) is 0 Å². The maximum absolute atomic E-state index is 4.36. The molecule has 2 aromatic carbocycles. The summed E-state index contributed by atoms with van der Waals surface area (Å²) in [5, 5.41) is 2.32. The second kappa shape index (κ2) is 3.04. The molecule has 60 valence electrons. The van der Waals surface area contributed by atoms with Gasteiger partial charge in [-0.25, -0.2) is 0 Å². The summed E-state index contributed by atoms with van der Waals surface area (Å²) in [6, 6.07) is 12.1. The highest BCUT2D eigenvalue weighted by Crippen LogP contribution is 2.26. The van der Waals surface area contributed by atoms with E-state index in [1.807, 2.05) is 24.3 Å². The molecule has 2 rings (SSSR count). The van der Waals surface area contributed by atoms with Crippen molar-refractivity contribution in [2.24, 2.45) is 0 Å². The molecule has 0 radical (unpaired) electrons. The molecule has 0 atom stereocenters. The summed E-state index contributed by atoms with van der Waals surface area (Å²) in [6.07, 6.45) is 0. The summed E-state index contributed by atoms with van der Waals surface area (Å²) < 4.78 is 0. The molecule has 0 aliphatic heterocycles.